The second kappa shape index (κ2) is 7.71. The number of hydrogen-bond donors (Lipinski definition) is 1. The number of rotatable bonds is 6. The zero-order valence-electron chi connectivity index (χ0n) is 13.8. The van der Waals surface area contributed by atoms with Crippen molar-refractivity contribution in [3.8, 4) is 0 Å². The number of hydrogen-bond acceptors (Lipinski definition) is 3. The molecule has 2 aromatic rings. The minimum absolute atomic E-state index is 0.153. The van der Waals surface area contributed by atoms with Crippen molar-refractivity contribution in [3.05, 3.63) is 59.7 Å². The Morgan fingerprint density at radius 1 is 1.04 bits per heavy atom. The molecule has 1 N–H and O–H groups in total. The topological polar surface area (TPSA) is 66.5 Å². The highest BCUT2D eigenvalue weighted by Crippen LogP contribution is 2.22. The quantitative estimate of drug-likeness (QED) is 0.851. The van der Waals surface area contributed by atoms with Crippen LogP contribution in [0.2, 0.25) is 0 Å². The maximum absolute atomic E-state index is 14.2. The van der Waals surface area contributed by atoms with Crippen LogP contribution in [0.15, 0.2) is 47.4 Å². The zero-order chi connectivity index (χ0) is 18.6. The Labute approximate surface area is 145 Å². The van der Waals surface area contributed by atoms with Gasteiger partial charge in [0.2, 0.25) is 10.0 Å². The first kappa shape index (κ1) is 19.0. The van der Waals surface area contributed by atoms with Crippen LogP contribution in [0.4, 0.5) is 14.5 Å². The molecule has 0 saturated carbocycles. The molecule has 25 heavy (non-hydrogen) atoms. The second-order valence-electron chi connectivity index (χ2n) is 5.19. The van der Waals surface area contributed by atoms with Crippen LogP contribution < -0.4 is 5.32 Å². The van der Waals surface area contributed by atoms with Crippen molar-refractivity contribution < 1.29 is 22.0 Å². The van der Waals surface area contributed by atoms with Gasteiger partial charge in [-0.2, -0.15) is 4.31 Å². The number of carbonyl (C=O) groups is 1. The molecule has 0 aliphatic heterocycles. The zero-order valence-corrected chi connectivity index (χ0v) is 14.6. The van der Waals surface area contributed by atoms with Crippen LogP contribution in [0.5, 0.6) is 0 Å². The molecule has 0 aromatic heterocycles. The molecule has 0 spiro atoms. The number of nitrogens with zero attached hydrogens (tertiary/aromatic N) is 1. The lowest BCUT2D eigenvalue weighted by Crippen LogP contribution is -2.30. The first-order valence-corrected chi connectivity index (χ1v) is 9.10. The van der Waals surface area contributed by atoms with Crippen LogP contribution in [-0.2, 0) is 10.0 Å². The van der Waals surface area contributed by atoms with Crippen molar-refractivity contribution in [3.63, 3.8) is 0 Å². The van der Waals surface area contributed by atoms with Gasteiger partial charge in [0.1, 0.15) is 11.6 Å². The van der Waals surface area contributed by atoms with Crippen LogP contribution >= 0.6 is 0 Å². The Bertz CT molecular complexity index is 864. The molecule has 0 fully saturated rings. The van der Waals surface area contributed by atoms with Crippen molar-refractivity contribution in [2.75, 3.05) is 18.4 Å². The average molecular weight is 368 g/mol. The van der Waals surface area contributed by atoms with Crippen molar-refractivity contribution in [2.24, 2.45) is 0 Å². The first-order valence-electron chi connectivity index (χ1n) is 7.66. The summed E-state index contributed by atoms with van der Waals surface area (Å²) >= 11 is 0. The van der Waals surface area contributed by atoms with E-state index in [9.17, 15) is 22.0 Å². The average Bonchev–Trinajstić information content (AvgIpc) is 2.58. The van der Waals surface area contributed by atoms with Gasteiger partial charge in [-0.05, 0) is 42.5 Å². The summed E-state index contributed by atoms with van der Waals surface area (Å²) in [5, 5.41) is 2.34. The SMILES string of the molecule is CCN(CC)S(=O)(=O)c1ccc(NC(=O)c2ccc(F)cc2)c(F)c1. The lowest BCUT2D eigenvalue weighted by molar-refractivity contribution is 0.102. The van der Waals surface area contributed by atoms with E-state index >= 15 is 0 Å². The molecule has 8 heteroatoms. The third kappa shape index (κ3) is 4.21. The molecule has 1 amide bonds. The summed E-state index contributed by atoms with van der Waals surface area (Å²) in [6.07, 6.45) is 0. The summed E-state index contributed by atoms with van der Waals surface area (Å²) < 4.78 is 53.0. The predicted octanol–water partition coefficient (Wildman–Crippen LogP) is 3.25. The number of nitrogens with one attached hydrogen (secondary N) is 1. The highest BCUT2D eigenvalue weighted by molar-refractivity contribution is 7.89. The van der Waals surface area contributed by atoms with Gasteiger partial charge < -0.3 is 5.32 Å². The summed E-state index contributed by atoms with van der Waals surface area (Å²) in [4.78, 5) is 11.8. The number of amides is 1. The van der Waals surface area contributed by atoms with Gasteiger partial charge in [0.05, 0.1) is 10.6 Å². The Kier molecular flexibility index (Phi) is 5.86. The Morgan fingerprint density at radius 2 is 1.64 bits per heavy atom. The molecule has 0 aliphatic carbocycles. The predicted molar refractivity (Wildman–Crippen MR) is 90.9 cm³/mol. The van der Waals surface area contributed by atoms with Gasteiger partial charge >= 0.3 is 0 Å². The normalized spacial score (nSPS) is 11.6. The summed E-state index contributed by atoms with van der Waals surface area (Å²) in [6, 6.07) is 8.05. The van der Waals surface area contributed by atoms with Gasteiger partial charge in [-0.15, -0.1) is 0 Å². The minimum atomic E-state index is -3.79. The summed E-state index contributed by atoms with van der Waals surface area (Å²) in [5.41, 5.74) is -0.00605. The van der Waals surface area contributed by atoms with Crippen molar-refractivity contribution in [2.45, 2.75) is 18.7 Å². The molecular weight excluding hydrogens is 350 g/mol. The highest BCUT2D eigenvalue weighted by Gasteiger charge is 2.23. The standard InChI is InChI=1S/C17H18F2N2O3S/c1-3-21(4-2)25(23,24)14-9-10-16(15(19)11-14)20-17(22)12-5-7-13(18)8-6-12/h5-11H,3-4H2,1-2H3,(H,20,22). The van der Waals surface area contributed by atoms with E-state index in [1.807, 2.05) is 0 Å². The van der Waals surface area contributed by atoms with E-state index in [1.165, 1.54) is 28.6 Å². The molecule has 5 nitrogen and oxygen atoms in total. The van der Waals surface area contributed by atoms with E-state index in [-0.39, 0.29) is 29.2 Å². The third-order valence-electron chi connectivity index (χ3n) is 3.64. The first-order chi connectivity index (χ1) is 11.8. The maximum atomic E-state index is 14.2. The van der Waals surface area contributed by atoms with Crippen molar-refractivity contribution in [1.29, 1.82) is 0 Å². The molecule has 0 atom stereocenters. The summed E-state index contributed by atoms with van der Waals surface area (Å²) in [5.74, 6) is -1.99. The molecule has 0 saturated heterocycles. The number of anilines is 1. The highest BCUT2D eigenvalue weighted by atomic mass is 32.2. The van der Waals surface area contributed by atoms with E-state index < -0.39 is 27.6 Å². The summed E-state index contributed by atoms with van der Waals surface area (Å²) in [7, 11) is -3.79. The fourth-order valence-corrected chi connectivity index (χ4v) is 3.74. The molecular formula is C17H18F2N2O3S. The number of benzene rings is 2. The lowest BCUT2D eigenvalue weighted by atomic mass is 10.2. The van der Waals surface area contributed by atoms with Crippen molar-refractivity contribution in [1.82, 2.24) is 4.31 Å². The molecule has 134 valence electrons. The van der Waals surface area contributed by atoms with E-state index in [1.54, 1.807) is 13.8 Å². The Hall–Kier alpha value is -2.32. The van der Waals surface area contributed by atoms with Crippen LogP contribution in [0.3, 0.4) is 0 Å². The van der Waals surface area contributed by atoms with Crippen LogP contribution in [0, 0.1) is 11.6 Å². The van der Waals surface area contributed by atoms with E-state index in [4.69, 9.17) is 0 Å². The molecule has 2 rings (SSSR count). The molecule has 0 bridgehead atoms. The maximum Gasteiger partial charge on any atom is 0.255 e. The fourth-order valence-electron chi connectivity index (χ4n) is 2.27. The largest absolute Gasteiger partial charge is 0.319 e. The van der Waals surface area contributed by atoms with Gasteiger partial charge in [0, 0.05) is 18.7 Å². The molecule has 0 aliphatic rings. The Balaban J connectivity index is 2.25. The van der Waals surface area contributed by atoms with Gasteiger partial charge in [0.15, 0.2) is 0 Å². The van der Waals surface area contributed by atoms with Gasteiger partial charge in [0.25, 0.3) is 5.91 Å². The fraction of sp³-hybridized carbons (Fsp3) is 0.235. The minimum Gasteiger partial charge on any atom is -0.319 e. The number of carbonyl (C=O) groups excluding carboxylic acids is 1. The van der Waals surface area contributed by atoms with E-state index in [0.717, 1.165) is 18.2 Å². The summed E-state index contributed by atoms with van der Waals surface area (Å²) in [6.45, 7) is 3.91. The van der Waals surface area contributed by atoms with E-state index in [0.29, 0.717) is 0 Å². The van der Waals surface area contributed by atoms with Gasteiger partial charge in [-0.3, -0.25) is 4.79 Å². The number of sulfonamides is 1. The second-order valence-corrected chi connectivity index (χ2v) is 7.13. The molecule has 0 heterocycles. The molecule has 0 radical (unpaired) electrons. The van der Waals surface area contributed by atoms with Crippen LogP contribution in [-0.4, -0.2) is 31.7 Å². The third-order valence-corrected chi connectivity index (χ3v) is 5.68. The van der Waals surface area contributed by atoms with Crippen LogP contribution in [0.25, 0.3) is 0 Å². The monoisotopic (exact) mass is 368 g/mol. The Morgan fingerprint density at radius 3 is 2.16 bits per heavy atom. The smallest absolute Gasteiger partial charge is 0.255 e. The van der Waals surface area contributed by atoms with Gasteiger partial charge in [-0.25, -0.2) is 17.2 Å². The number of halogens is 2. The lowest BCUT2D eigenvalue weighted by Gasteiger charge is -2.18. The molecule has 2 aromatic carbocycles. The van der Waals surface area contributed by atoms with Crippen LogP contribution in [0.1, 0.15) is 24.2 Å². The molecule has 0 unspecified atom stereocenters. The van der Waals surface area contributed by atoms with E-state index in [2.05, 4.69) is 5.32 Å². The van der Waals surface area contributed by atoms with Crippen molar-refractivity contribution >= 4 is 21.6 Å². The van der Waals surface area contributed by atoms with Gasteiger partial charge in [-0.1, -0.05) is 13.8 Å².